The van der Waals surface area contributed by atoms with E-state index in [-0.39, 0.29) is 6.04 Å². The fourth-order valence-electron chi connectivity index (χ4n) is 2.97. The Morgan fingerprint density at radius 1 is 1.12 bits per heavy atom. The Labute approximate surface area is 155 Å². The number of anilines is 2. The molecule has 5 heteroatoms. The molecule has 25 heavy (non-hydrogen) atoms. The highest BCUT2D eigenvalue weighted by molar-refractivity contribution is 7.80. The summed E-state index contributed by atoms with van der Waals surface area (Å²) in [5.74, 6) is 0. The summed E-state index contributed by atoms with van der Waals surface area (Å²) in [4.78, 5) is 2.36. The fraction of sp³-hybridized carbons (Fsp3) is 0.350. The summed E-state index contributed by atoms with van der Waals surface area (Å²) in [5.41, 5.74) is 4.68. The maximum Gasteiger partial charge on any atom is 0.171 e. The Kier molecular flexibility index (Phi) is 5.89. The van der Waals surface area contributed by atoms with Crippen molar-refractivity contribution in [1.29, 1.82) is 0 Å². The van der Waals surface area contributed by atoms with Crippen molar-refractivity contribution in [1.82, 2.24) is 5.32 Å². The number of nitrogens with one attached hydrogen (secondary N) is 2. The van der Waals surface area contributed by atoms with Gasteiger partial charge in [-0.2, -0.15) is 0 Å². The quantitative estimate of drug-likeness (QED) is 0.814. The molecule has 1 aliphatic rings. The highest BCUT2D eigenvalue weighted by atomic mass is 32.1. The molecule has 132 valence electrons. The van der Waals surface area contributed by atoms with Gasteiger partial charge in [0.2, 0.25) is 0 Å². The molecule has 4 nitrogen and oxygen atoms in total. The van der Waals surface area contributed by atoms with Gasteiger partial charge in [0.05, 0.1) is 19.3 Å². The van der Waals surface area contributed by atoms with E-state index in [4.69, 9.17) is 17.0 Å². The number of benzene rings is 2. The third kappa shape index (κ3) is 4.94. The summed E-state index contributed by atoms with van der Waals surface area (Å²) in [7, 11) is 0. The zero-order valence-corrected chi connectivity index (χ0v) is 15.6. The van der Waals surface area contributed by atoms with Crippen LogP contribution in [0.25, 0.3) is 0 Å². The van der Waals surface area contributed by atoms with Crippen LogP contribution in [0.2, 0.25) is 0 Å². The topological polar surface area (TPSA) is 36.5 Å². The molecule has 0 aliphatic carbocycles. The van der Waals surface area contributed by atoms with Crippen molar-refractivity contribution >= 4 is 28.7 Å². The van der Waals surface area contributed by atoms with E-state index in [9.17, 15) is 0 Å². The first-order valence-corrected chi connectivity index (χ1v) is 9.09. The van der Waals surface area contributed by atoms with Gasteiger partial charge in [-0.1, -0.05) is 24.3 Å². The second-order valence-electron chi connectivity index (χ2n) is 6.38. The Hall–Kier alpha value is -2.11. The number of hydrogen-bond acceptors (Lipinski definition) is 3. The smallest absolute Gasteiger partial charge is 0.171 e. The van der Waals surface area contributed by atoms with Crippen molar-refractivity contribution in [2.75, 3.05) is 36.5 Å². The molecular weight excluding hydrogens is 330 g/mol. The summed E-state index contributed by atoms with van der Waals surface area (Å²) in [6.45, 7) is 7.71. The molecule has 1 aliphatic heterocycles. The van der Waals surface area contributed by atoms with Crippen LogP contribution in [0.4, 0.5) is 11.4 Å². The minimum absolute atomic E-state index is 0.142. The molecule has 3 rings (SSSR count). The predicted molar refractivity (Wildman–Crippen MR) is 108 cm³/mol. The van der Waals surface area contributed by atoms with Crippen LogP contribution in [0.15, 0.2) is 48.5 Å². The van der Waals surface area contributed by atoms with Gasteiger partial charge in [-0.05, 0) is 61.5 Å². The Bertz CT molecular complexity index is 711. The van der Waals surface area contributed by atoms with Crippen molar-refractivity contribution in [2.24, 2.45) is 0 Å². The molecule has 0 aromatic heterocycles. The monoisotopic (exact) mass is 355 g/mol. The second kappa shape index (κ2) is 8.32. The largest absolute Gasteiger partial charge is 0.378 e. The molecule has 1 unspecified atom stereocenters. The molecule has 1 heterocycles. The molecule has 0 amide bonds. The highest BCUT2D eigenvalue weighted by Gasteiger charge is 2.12. The van der Waals surface area contributed by atoms with Gasteiger partial charge in [0.15, 0.2) is 5.11 Å². The summed E-state index contributed by atoms with van der Waals surface area (Å²) in [6.07, 6.45) is 0. The van der Waals surface area contributed by atoms with Crippen molar-refractivity contribution in [3.05, 3.63) is 59.7 Å². The number of ether oxygens (including phenoxy) is 1. The summed E-state index contributed by atoms with van der Waals surface area (Å²) >= 11 is 5.44. The van der Waals surface area contributed by atoms with Crippen LogP contribution in [-0.2, 0) is 4.74 Å². The molecule has 2 aromatic carbocycles. The van der Waals surface area contributed by atoms with Gasteiger partial charge in [-0.15, -0.1) is 0 Å². The maximum atomic E-state index is 5.44. The molecule has 1 saturated heterocycles. The lowest BCUT2D eigenvalue weighted by atomic mass is 10.1. The average molecular weight is 356 g/mol. The van der Waals surface area contributed by atoms with E-state index in [2.05, 4.69) is 65.8 Å². The van der Waals surface area contributed by atoms with E-state index in [1.54, 1.807) is 0 Å². The lowest BCUT2D eigenvalue weighted by Gasteiger charge is -2.29. The summed E-state index contributed by atoms with van der Waals surface area (Å²) in [5, 5.41) is 7.23. The number of morpholine rings is 1. The van der Waals surface area contributed by atoms with Crippen molar-refractivity contribution in [3.63, 3.8) is 0 Å². The minimum atomic E-state index is 0.142. The first-order chi connectivity index (χ1) is 12.1. The van der Waals surface area contributed by atoms with Crippen LogP contribution in [0.3, 0.4) is 0 Å². The first-order valence-electron chi connectivity index (χ1n) is 8.68. The third-order valence-electron chi connectivity index (χ3n) is 4.39. The second-order valence-corrected chi connectivity index (χ2v) is 6.79. The number of aryl methyl sites for hydroxylation is 1. The summed E-state index contributed by atoms with van der Waals surface area (Å²) in [6, 6.07) is 17.0. The predicted octanol–water partition coefficient (Wildman–Crippen LogP) is 3.88. The SMILES string of the molecule is Cc1cccc(NC(=S)NC(C)c2ccc(N3CCOCC3)cc2)c1. The first kappa shape index (κ1) is 17.7. The molecule has 2 aromatic rings. The molecule has 0 saturated carbocycles. The van der Waals surface area contributed by atoms with E-state index < -0.39 is 0 Å². The molecule has 0 bridgehead atoms. The van der Waals surface area contributed by atoms with Gasteiger partial charge in [-0.25, -0.2) is 0 Å². The van der Waals surface area contributed by atoms with Gasteiger partial charge in [0, 0.05) is 24.5 Å². The lowest BCUT2D eigenvalue weighted by Crippen LogP contribution is -2.36. The van der Waals surface area contributed by atoms with Gasteiger partial charge in [-0.3, -0.25) is 0 Å². The summed E-state index contributed by atoms with van der Waals surface area (Å²) < 4.78 is 5.41. The van der Waals surface area contributed by atoms with E-state index in [0.717, 1.165) is 32.0 Å². The lowest BCUT2D eigenvalue weighted by molar-refractivity contribution is 0.122. The van der Waals surface area contributed by atoms with Crippen LogP contribution in [-0.4, -0.2) is 31.4 Å². The van der Waals surface area contributed by atoms with E-state index in [1.807, 2.05) is 12.1 Å². The zero-order chi connectivity index (χ0) is 17.6. The van der Waals surface area contributed by atoms with Gasteiger partial charge in [0.1, 0.15) is 0 Å². The molecule has 1 atom stereocenters. The Morgan fingerprint density at radius 3 is 2.52 bits per heavy atom. The van der Waals surface area contributed by atoms with Gasteiger partial charge in [0.25, 0.3) is 0 Å². The number of rotatable bonds is 4. The Balaban J connectivity index is 1.57. The van der Waals surface area contributed by atoms with Crippen LogP contribution >= 0.6 is 12.2 Å². The number of hydrogen-bond donors (Lipinski definition) is 2. The normalized spacial score (nSPS) is 15.5. The Morgan fingerprint density at radius 2 is 1.84 bits per heavy atom. The number of thiocarbonyl (C=S) groups is 1. The van der Waals surface area contributed by atoms with Crippen molar-refractivity contribution < 1.29 is 4.74 Å². The van der Waals surface area contributed by atoms with Crippen molar-refractivity contribution in [2.45, 2.75) is 19.9 Å². The third-order valence-corrected chi connectivity index (χ3v) is 4.61. The molecule has 0 radical (unpaired) electrons. The van der Waals surface area contributed by atoms with Crippen LogP contribution < -0.4 is 15.5 Å². The molecule has 0 spiro atoms. The van der Waals surface area contributed by atoms with E-state index in [0.29, 0.717) is 5.11 Å². The average Bonchev–Trinajstić information content (AvgIpc) is 2.62. The number of nitrogens with zero attached hydrogens (tertiary/aromatic N) is 1. The van der Waals surface area contributed by atoms with Crippen LogP contribution in [0.5, 0.6) is 0 Å². The van der Waals surface area contributed by atoms with Crippen LogP contribution in [0, 0.1) is 6.92 Å². The minimum Gasteiger partial charge on any atom is -0.378 e. The van der Waals surface area contributed by atoms with Gasteiger partial charge >= 0.3 is 0 Å². The molecule has 2 N–H and O–H groups in total. The fourth-order valence-corrected chi connectivity index (χ4v) is 3.26. The van der Waals surface area contributed by atoms with E-state index >= 15 is 0 Å². The zero-order valence-electron chi connectivity index (χ0n) is 14.8. The molecular formula is C20H25N3OS. The highest BCUT2D eigenvalue weighted by Crippen LogP contribution is 2.20. The van der Waals surface area contributed by atoms with Crippen molar-refractivity contribution in [3.8, 4) is 0 Å². The maximum absolute atomic E-state index is 5.44. The standard InChI is InChI=1S/C20H25N3OS/c1-15-4-3-5-18(14-15)22-20(25)21-16(2)17-6-8-19(9-7-17)23-10-12-24-13-11-23/h3-9,14,16H,10-13H2,1-2H3,(H2,21,22,25). The molecule has 1 fully saturated rings. The van der Waals surface area contributed by atoms with Crippen LogP contribution in [0.1, 0.15) is 24.1 Å². The van der Waals surface area contributed by atoms with Gasteiger partial charge < -0.3 is 20.3 Å². The van der Waals surface area contributed by atoms with E-state index in [1.165, 1.54) is 16.8 Å².